The average Bonchev–Trinajstić information content (AvgIpc) is 3.13. The number of imidazole rings is 1. The first-order chi connectivity index (χ1) is 16.5. The number of aromatic nitrogens is 2. The summed E-state index contributed by atoms with van der Waals surface area (Å²) in [5.41, 5.74) is 2.65. The Morgan fingerprint density at radius 2 is 2.06 bits per heavy atom. The second-order valence-corrected chi connectivity index (χ2v) is 11.1. The van der Waals surface area contributed by atoms with Gasteiger partial charge in [0.25, 0.3) is 15.9 Å². The van der Waals surface area contributed by atoms with E-state index < -0.39 is 10.0 Å². The van der Waals surface area contributed by atoms with Crippen molar-refractivity contribution in [3.8, 4) is 0 Å². The van der Waals surface area contributed by atoms with Crippen LogP contribution in [0.5, 0.6) is 0 Å². The number of sulfonamides is 1. The van der Waals surface area contributed by atoms with Crippen molar-refractivity contribution >= 4 is 50.2 Å². The first kappa shape index (κ1) is 22.9. The molecule has 0 spiro atoms. The van der Waals surface area contributed by atoms with E-state index in [9.17, 15) is 13.2 Å². The third kappa shape index (κ3) is 4.44. The molecular weight excluding hydrogens is 470 g/mol. The zero-order valence-corrected chi connectivity index (χ0v) is 20.6. The fraction of sp³-hybridized carbons (Fsp3) is 0.375. The molecule has 10 heteroatoms. The highest BCUT2D eigenvalue weighted by molar-refractivity contribution is 7.98. The predicted molar refractivity (Wildman–Crippen MR) is 136 cm³/mol. The van der Waals surface area contributed by atoms with Gasteiger partial charge in [0, 0.05) is 18.5 Å². The van der Waals surface area contributed by atoms with Gasteiger partial charge in [0.05, 0.1) is 22.8 Å². The number of nitrogens with zero attached hydrogens (tertiary/aromatic N) is 3. The number of carbonyl (C=O) groups is 1. The Hall–Kier alpha value is -2.85. The van der Waals surface area contributed by atoms with Gasteiger partial charge < -0.3 is 15.2 Å². The fourth-order valence-electron chi connectivity index (χ4n) is 4.51. The van der Waals surface area contributed by atoms with Crippen molar-refractivity contribution in [3.05, 3.63) is 53.9 Å². The minimum atomic E-state index is -3.85. The van der Waals surface area contributed by atoms with Crippen molar-refractivity contribution in [2.75, 3.05) is 23.5 Å². The van der Waals surface area contributed by atoms with E-state index in [0.717, 1.165) is 42.6 Å². The first-order valence-corrected chi connectivity index (χ1v) is 14.3. The summed E-state index contributed by atoms with van der Waals surface area (Å²) < 4.78 is 29.9. The number of carbonyl (C=O) groups excluding carboxylic acids is 1. The molecule has 5 rings (SSSR count). The van der Waals surface area contributed by atoms with Crippen LogP contribution in [0.1, 0.15) is 54.3 Å². The molecule has 2 N–H and O–H groups in total. The lowest BCUT2D eigenvalue weighted by Crippen LogP contribution is -2.35. The predicted octanol–water partition coefficient (Wildman–Crippen LogP) is 4.27. The van der Waals surface area contributed by atoms with Gasteiger partial charge >= 0.3 is 0 Å². The van der Waals surface area contributed by atoms with E-state index in [2.05, 4.69) is 19.7 Å². The SMILES string of the molecule is CSCC[C@@H](NC(=O)c1ccc2c(c1)S(=O)(=O)N=C1CCCCCN12)c1nc2ccccc2[nH]1. The van der Waals surface area contributed by atoms with Crippen LogP contribution in [0.3, 0.4) is 0 Å². The first-order valence-electron chi connectivity index (χ1n) is 11.5. The monoisotopic (exact) mass is 497 g/mol. The topological polar surface area (TPSA) is 108 Å². The molecule has 2 aliphatic heterocycles. The summed E-state index contributed by atoms with van der Waals surface area (Å²) in [6.45, 7) is 0.732. The Kier molecular flexibility index (Phi) is 6.35. The van der Waals surface area contributed by atoms with Crippen LogP contribution in [-0.4, -0.2) is 48.7 Å². The van der Waals surface area contributed by atoms with E-state index >= 15 is 0 Å². The van der Waals surface area contributed by atoms with E-state index in [1.165, 1.54) is 6.07 Å². The highest BCUT2D eigenvalue weighted by atomic mass is 32.2. The van der Waals surface area contributed by atoms with E-state index in [1.807, 2.05) is 35.4 Å². The molecule has 1 atom stereocenters. The second-order valence-electron chi connectivity index (χ2n) is 8.57. The number of fused-ring (bicyclic) bond motifs is 4. The lowest BCUT2D eigenvalue weighted by atomic mass is 10.1. The highest BCUT2D eigenvalue weighted by Crippen LogP contribution is 2.35. The van der Waals surface area contributed by atoms with Gasteiger partial charge in [0.15, 0.2) is 0 Å². The molecule has 8 nitrogen and oxygen atoms in total. The van der Waals surface area contributed by atoms with Crippen LogP contribution in [-0.2, 0) is 10.0 Å². The summed E-state index contributed by atoms with van der Waals surface area (Å²) in [7, 11) is -3.85. The number of nitrogens with one attached hydrogen (secondary N) is 2. The molecule has 0 radical (unpaired) electrons. The van der Waals surface area contributed by atoms with E-state index in [4.69, 9.17) is 0 Å². The summed E-state index contributed by atoms with van der Waals surface area (Å²) in [5.74, 6) is 1.79. The maximum atomic E-state index is 13.2. The number of benzene rings is 2. The van der Waals surface area contributed by atoms with Crippen molar-refractivity contribution in [2.45, 2.75) is 43.0 Å². The highest BCUT2D eigenvalue weighted by Gasteiger charge is 2.32. The maximum absolute atomic E-state index is 13.2. The number of hydrogen-bond donors (Lipinski definition) is 2. The molecule has 178 valence electrons. The standard InChI is InChI=1S/C24H27N5O3S2/c1-33-14-12-19(23-25-17-7-4-5-8-18(17)26-23)27-24(30)16-10-11-20-21(15-16)34(31,32)28-22-9-3-2-6-13-29(20)22/h4-5,7-8,10-11,15,19H,2-3,6,9,12-14H2,1H3,(H,25,26)(H,27,30)/t19-/m1/s1. The quantitative estimate of drug-likeness (QED) is 0.527. The molecule has 1 amide bonds. The van der Waals surface area contributed by atoms with Gasteiger partial charge in [0.2, 0.25) is 0 Å². The average molecular weight is 498 g/mol. The number of thioether (sulfide) groups is 1. The van der Waals surface area contributed by atoms with Crippen LogP contribution < -0.4 is 10.2 Å². The molecule has 0 saturated carbocycles. The van der Waals surface area contributed by atoms with Gasteiger partial charge in [0.1, 0.15) is 16.6 Å². The Bertz CT molecular complexity index is 1330. The normalized spacial score (nSPS) is 17.9. The maximum Gasteiger partial charge on any atom is 0.286 e. The minimum absolute atomic E-state index is 0.0928. The van der Waals surface area contributed by atoms with Crippen molar-refractivity contribution in [3.63, 3.8) is 0 Å². The summed E-state index contributed by atoms with van der Waals surface area (Å²) in [5, 5.41) is 3.06. The zero-order chi connectivity index (χ0) is 23.7. The molecule has 0 bridgehead atoms. The minimum Gasteiger partial charge on any atom is -0.342 e. The third-order valence-corrected chi connectivity index (χ3v) is 8.24. The lowest BCUT2D eigenvalue weighted by molar-refractivity contribution is 0.0934. The molecule has 34 heavy (non-hydrogen) atoms. The van der Waals surface area contributed by atoms with Gasteiger partial charge in [-0.2, -0.15) is 20.2 Å². The van der Waals surface area contributed by atoms with Gasteiger partial charge in [-0.3, -0.25) is 4.79 Å². The largest absolute Gasteiger partial charge is 0.342 e. The molecule has 2 aliphatic rings. The van der Waals surface area contributed by atoms with Crippen molar-refractivity contribution in [1.29, 1.82) is 0 Å². The Morgan fingerprint density at radius 3 is 2.88 bits per heavy atom. The number of amides is 1. The van der Waals surface area contributed by atoms with Crippen LogP contribution in [0.2, 0.25) is 0 Å². The Morgan fingerprint density at radius 1 is 1.21 bits per heavy atom. The van der Waals surface area contributed by atoms with E-state index in [1.54, 1.807) is 23.9 Å². The van der Waals surface area contributed by atoms with Crippen LogP contribution in [0.15, 0.2) is 51.8 Å². The fourth-order valence-corrected chi connectivity index (χ4v) is 6.27. The van der Waals surface area contributed by atoms with Gasteiger partial charge in [-0.25, -0.2) is 4.98 Å². The van der Waals surface area contributed by atoms with Crippen LogP contribution in [0, 0.1) is 0 Å². The number of para-hydroxylation sites is 2. The number of rotatable bonds is 6. The van der Waals surface area contributed by atoms with E-state index in [-0.39, 0.29) is 16.8 Å². The molecule has 3 aromatic rings. The summed E-state index contributed by atoms with van der Waals surface area (Å²) in [6.07, 6.45) is 6.32. The van der Waals surface area contributed by atoms with Crippen molar-refractivity contribution in [1.82, 2.24) is 15.3 Å². The summed E-state index contributed by atoms with van der Waals surface area (Å²) in [4.78, 5) is 23.3. The molecule has 2 aromatic carbocycles. The van der Waals surface area contributed by atoms with Gasteiger partial charge in [-0.15, -0.1) is 4.40 Å². The molecule has 3 heterocycles. The summed E-state index contributed by atoms with van der Waals surface area (Å²) >= 11 is 1.69. The molecule has 1 saturated heterocycles. The summed E-state index contributed by atoms with van der Waals surface area (Å²) in [6, 6.07) is 12.3. The number of hydrogen-bond acceptors (Lipinski definition) is 6. The molecule has 1 aromatic heterocycles. The third-order valence-electron chi connectivity index (χ3n) is 6.26. The second kappa shape index (κ2) is 9.42. The number of anilines is 1. The van der Waals surface area contributed by atoms with Gasteiger partial charge in [-0.1, -0.05) is 18.6 Å². The molecule has 1 fully saturated rings. The van der Waals surface area contributed by atoms with Crippen LogP contribution >= 0.6 is 11.8 Å². The van der Waals surface area contributed by atoms with Crippen LogP contribution in [0.25, 0.3) is 11.0 Å². The van der Waals surface area contributed by atoms with Crippen molar-refractivity contribution in [2.24, 2.45) is 4.40 Å². The number of amidine groups is 1. The molecule has 0 unspecified atom stereocenters. The Balaban J connectivity index is 1.44. The number of H-pyrrole nitrogens is 1. The lowest BCUT2D eigenvalue weighted by Gasteiger charge is -2.29. The molecular formula is C24H27N5O3S2. The van der Waals surface area contributed by atoms with Gasteiger partial charge in [-0.05, 0) is 61.6 Å². The number of aromatic amines is 1. The van der Waals surface area contributed by atoms with E-state index in [0.29, 0.717) is 35.8 Å². The Labute approximate surface area is 203 Å². The molecule has 0 aliphatic carbocycles. The van der Waals surface area contributed by atoms with Crippen molar-refractivity contribution < 1.29 is 13.2 Å². The van der Waals surface area contributed by atoms with Crippen LogP contribution in [0.4, 0.5) is 5.69 Å². The zero-order valence-electron chi connectivity index (χ0n) is 19.0. The smallest absolute Gasteiger partial charge is 0.286 e.